The summed E-state index contributed by atoms with van der Waals surface area (Å²) in [5.41, 5.74) is 0. The summed E-state index contributed by atoms with van der Waals surface area (Å²) in [4.78, 5) is 4.04. The number of hydrogen-bond acceptors (Lipinski definition) is 5. The molecule has 0 aliphatic carbocycles. The van der Waals surface area contributed by atoms with E-state index in [9.17, 15) is 0 Å². The van der Waals surface area contributed by atoms with E-state index in [1.807, 2.05) is 26.8 Å². The number of rotatable bonds is 4. The van der Waals surface area contributed by atoms with Gasteiger partial charge in [0.05, 0.1) is 6.20 Å². The fraction of sp³-hybridized carbons (Fsp3) is 0.500. The van der Waals surface area contributed by atoms with Gasteiger partial charge in [0, 0.05) is 19.3 Å². The average molecular weight is 279 g/mol. The van der Waals surface area contributed by atoms with Crippen molar-refractivity contribution in [3.8, 4) is 0 Å². The van der Waals surface area contributed by atoms with E-state index < -0.39 is 0 Å². The summed E-state index contributed by atoms with van der Waals surface area (Å²) < 4.78 is 5.27. The number of aromatic nitrogens is 3. The molecule has 5 heteroatoms. The fourth-order valence-corrected chi connectivity index (χ4v) is 2.00. The first-order valence-corrected chi connectivity index (χ1v) is 7.34. The highest BCUT2D eigenvalue weighted by molar-refractivity contribution is 7.11. The van der Waals surface area contributed by atoms with Crippen LogP contribution in [0.25, 0.3) is 0 Å². The van der Waals surface area contributed by atoms with Crippen LogP contribution >= 0.6 is 11.3 Å². The summed E-state index contributed by atoms with van der Waals surface area (Å²) >= 11 is 1.65. The molecular formula is C14H21N3OS. The van der Waals surface area contributed by atoms with E-state index in [0.717, 1.165) is 40.9 Å². The zero-order chi connectivity index (χ0) is 14.1. The van der Waals surface area contributed by atoms with E-state index in [2.05, 4.69) is 28.2 Å². The fourth-order valence-electron chi connectivity index (χ4n) is 1.31. The molecule has 0 saturated heterocycles. The highest BCUT2D eigenvalue weighted by Gasteiger charge is 1.97. The molecule has 0 amide bonds. The van der Waals surface area contributed by atoms with Crippen LogP contribution in [0.5, 0.6) is 0 Å². The molecule has 2 aromatic rings. The minimum Gasteiger partial charge on any atom is -0.446 e. The second kappa shape index (κ2) is 8.58. The third-order valence-corrected chi connectivity index (χ3v) is 3.21. The van der Waals surface area contributed by atoms with Gasteiger partial charge in [0.15, 0.2) is 5.89 Å². The highest BCUT2D eigenvalue weighted by Crippen LogP contribution is 2.08. The molecule has 19 heavy (non-hydrogen) atoms. The van der Waals surface area contributed by atoms with Crippen molar-refractivity contribution in [1.29, 1.82) is 0 Å². The largest absolute Gasteiger partial charge is 0.446 e. The van der Waals surface area contributed by atoms with Gasteiger partial charge in [-0.15, -0.1) is 21.5 Å². The molecule has 0 aromatic carbocycles. The van der Waals surface area contributed by atoms with Gasteiger partial charge < -0.3 is 4.42 Å². The van der Waals surface area contributed by atoms with Gasteiger partial charge >= 0.3 is 0 Å². The minimum absolute atomic E-state index is 0.840. The van der Waals surface area contributed by atoms with Crippen LogP contribution in [-0.2, 0) is 19.3 Å². The molecule has 0 N–H and O–H groups in total. The third kappa shape index (κ3) is 5.79. The molecule has 2 rings (SSSR count). The van der Waals surface area contributed by atoms with Crippen molar-refractivity contribution in [2.45, 2.75) is 47.0 Å². The van der Waals surface area contributed by atoms with E-state index >= 15 is 0 Å². The zero-order valence-electron chi connectivity index (χ0n) is 12.0. The average Bonchev–Trinajstić information content (AvgIpc) is 3.05. The summed E-state index contributed by atoms with van der Waals surface area (Å²) in [6.07, 6.45) is 8.64. The molecule has 104 valence electrons. The van der Waals surface area contributed by atoms with Crippen LogP contribution < -0.4 is 0 Å². The Kier molecular flexibility index (Phi) is 7.03. The summed E-state index contributed by atoms with van der Waals surface area (Å²) in [6.45, 7) is 8.07. The lowest BCUT2D eigenvalue weighted by molar-refractivity contribution is 0.464. The standard InChI is InChI=1S/C7H10N2S.C7H11NO/c1-3-4-5-7-9-8-6(2)10-7;1-3-6-5-8-7(4-2)9-6/h3-4H,5H2,1-2H3;5H,3-4H2,1-2H3. The maximum Gasteiger partial charge on any atom is 0.194 e. The lowest BCUT2D eigenvalue weighted by Gasteiger charge is -1.84. The third-order valence-electron chi connectivity index (χ3n) is 2.35. The Morgan fingerprint density at radius 1 is 1.26 bits per heavy atom. The van der Waals surface area contributed by atoms with Gasteiger partial charge in [0.2, 0.25) is 0 Å². The predicted molar refractivity (Wildman–Crippen MR) is 78.4 cm³/mol. The zero-order valence-corrected chi connectivity index (χ0v) is 12.8. The van der Waals surface area contributed by atoms with Crippen LogP contribution in [0.15, 0.2) is 22.8 Å². The normalized spacial score (nSPS) is 10.5. The first kappa shape index (κ1) is 15.6. The van der Waals surface area contributed by atoms with Gasteiger partial charge in [-0.1, -0.05) is 26.0 Å². The van der Waals surface area contributed by atoms with Crippen LogP contribution in [0.4, 0.5) is 0 Å². The van der Waals surface area contributed by atoms with Crippen molar-refractivity contribution in [1.82, 2.24) is 15.2 Å². The van der Waals surface area contributed by atoms with Crippen LogP contribution in [0, 0.1) is 6.92 Å². The Bertz CT molecular complexity index is 484. The molecule has 4 nitrogen and oxygen atoms in total. The molecule has 0 atom stereocenters. The Morgan fingerprint density at radius 2 is 2.05 bits per heavy atom. The van der Waals surface area contributed by atoms with E-state index in [1.54, 1.807) is 17.5 Å². The van der Waals surface area contributed by atoms with Gasteiger partial charge in [-0.05, 0) is 13.8 Å². The molecule has 0 unspecified atom stereocenters. The summed E-state index contributed by atoms with van der Waals surface area (Å²) in [6, 6.07) is 0. The Balaban J connectivity index is 0.000000191. The van der Waals surface area contributed by atoms with Crippen molar-refractivity contribution >= 4 is 11.3 Å². The molecule has 2 heterocycles. The maximum atomic E-state index is 5.27. The van der Waals surface area contributed by atoms with Gasteiger partial charge in [-0.2, -0.15) is 0 Å². The highest BCUT2D eigenvalue weighted by atomic mass is 32.1. The molecular weight excluding hydrogens is 258 g/mol. The van der Waals surface area contributed by atoms with Gasteiger partial charge in [0.1, 0.15) is 15.8 Å². The van der Waals surface area contributed by atoms with Gasteiger partial charge in [-0.25, -0.2) is 4.98 Å². The van der Waals surface area contributed by atoms with Crippen LogP contribution in [0.2, 0.25) is 0 Å². The smallest absolute Gasteiger partial charge is 0.194 e. The molecule has 2 aromatic heterocycles. The SMILES string of the molecule is CC=CCc1nnc(C)s1.CCc1cnc(CC)o1. The van der Waals surface area contributed by atoms with Crippen molar-refractivity contribution < 1.29 is 4.42 Å². The lowest BCUT2D eigenvalue weighted by atomic mass is 10.4. The molecule has 0 bridgehead atoms. The molecule has 0 saturated carbocycles. The van der Waals surface area contributed by atoms with E-state index in [1.165, 1.54) is 0 Å². The Morgan fingerprint density at radius 3 is 2.47 bits per heavy atom. The lowest BCUT2D eigenvalue weighted by Crippen LogP contribution is -1.77. The van der Waals surface area contributed by atoms with E-state index in [4.69, 9.17) is 4.42 Å². The molecule has 0 spiro atoms. The quantitative estimate of drug-likeness (QED) is 0.799. The van der Waals surface area contributed by atoms with Crippen LogP contribution in [0.3, 0.4) is 0 Å². The number of nitrogens with zero attached hydrogens (tertiary/aromatic N) is 3. The molecule has 0 aliphatic heterocycles. The number of aryl methyl sites for hydroxylation is 3. The summed E-state index contributed by atoms with van der Waals surface area (Å²) in [7, 11) is 0. The Labute approximate surface area is 118 Å². The number of hydrogen-bond donors (Lipinski definition) is 0. The van der Waals surface area contributed by atoms with Crippen molar-refractivity contribution in [2.24, 2.45) is 0 Å². The number of allylic oxidation sites excluding steroid dienone is 2. The summed E-state index contributed by atoms with van der Waals surface area (Å²) in [5.74, 6) is 1.82. The van der Waals surface area contributed by atoms with Crippen molar-refractivity contribution in [2.75, 3.05) is 0 Å². The second-order valence-corrected chi connectivity index (χ2v) is 5.18. The van der Waals surface area contributed by atoms with E-state index in [0.29, 0.717) is 0 Å². The first-order chi connectivity index (χ1) is 9.19. The topological polar surface area (TPSA) is 51.8 Å². The number of oxazole rings is 1. The molecule has 0 radical (unpaired) electrons. The van der Waals surface area contributed by atoms with Gasteiger partial charge in [0.25, 0.3) is 0 Å². The van der Waals surface area contributed by atoms with Crippen LogP contribution in [0.1, 0.15) is 42.4 Å². The molecule has 0 aliphatic rings. The van der Waals surface area contributed by atoms with Crippen molar-refractivity contribution in [3.05, 3.63) is 40.0 Å². The second-order valence-electron chi connectivity index (χ2n) is 3.92. The van der Waals surface area contributed by atoms with Crippen molar-refractivity contribution in [3.63, 3.8) is 0 Å². The first-order valence-electron chi connectivity index (χ1n) is 6.53. The monoisotopic (exact) mass is 279 g/mol. The predicted octanol–water partition coefficient (Wildman–Crippen LogP) is 3.76. The summed E-state index contributed by atoms with van der Waals surface area (Å²) in [5, 5.41) is 10.0. The van der Waals surface area contributed by atoms with E-state index in [-0.39, 0.29) is 0 Å². The maximum absolute atomic E-state index is 5.27. The molecule has 0 fully saturated rings. The Hall–Kier alpha value is -1.49. The van der Waals surface area contributed by atoms with Crippen LogP contribution in [-0.4, -0.2) is 15.2 Å². The van der Waals surface area contributed by atoms with Gasteiger partial charge in [-0.3, -0.25) is 0 Å². The minimum atomic E-state index is 0.840.